The van der Waals surface area contributed by atoms with Crippen LogP contribution in [-0.4, -0.2) is 49.4 Å². The van der Waals surface area contributed by atoms with E-state index >= 15 is 0 Å². The molecule has 1 fully saturated rings. The molecule has 4 rings (SSSR count). The van der Waals surface area contributed by atoms with Crippen LogP contribution in [0.25, 0.3) is 0 Å². The summed E-state index contributed by atoms with van der Waals surface area (Å²) in [6.45, 7) is 2.13. The van der Waals surface area contributed by atoms with Gasteiger partial charge >= 0.3 is 0 Å². The fraction of sp³-hybridized carbons (Fsp3) is 0.355. The molecule has 0 aromatic heterocycles. The Bertz CT molecular complexity index is 1140. The largest absolute Gasteiger partial charge is 0.368 e. The van der Waals surface area contributed by atoms with Crippen molar-refractivity contribution in [2.24, 2.45) is 0 Å². The van der Waals surface area contributed by atoms with E-state index in [1.54, 1.807) is 0 Å². The molecule has 3 aromatic carbocycles. The SMILES string of the molecule is CO[C@H]1O[C@H](CC(=O)C(C)=O)[C@@H](OCc2ccccc2)[C@H](OCc2ccccc2)[C@H]1OCc1ccccc1. The van der Waals surface area contributed by atoms with Crippen LogP contribution in [0.5, 0.6) is 0 Å². The van der Waals surface area contributed by atoms with Gasteiger partial charge in [0.05, 0.1) is 25.9 Å². The Morgan fingerprint density at radius 1 is 0.658 bits per heavy atom. The maximum atomic E-state index is 12.5. The number of hydrogen-bond acceptors (Lipinski definition) is 7. The second kappa shape index (κ2) is 14.1. The summed E-state index contributed by atoms with van der Waals surface area (Å²) < 4.78 is 31.1. The van der Waals surface area contributed by atoms with Gasteiger partial charge < -0.3 is 23.7 Å². The molecule has 1 aliphatic heterocycles. The van der Waals surface area contributed by atoms with E-state index in [0.29, 0.717) is 13.2 Å². The van der Waals surface area contributed by atoms with Crippen molar-refractivity contribution >= 4 is 11.6 Å². The molecule has 0 saturated carbocycles. The molecule has 0 aliphatic carbocycles. The summed E-state index contributed by atoms with van der Waals surface area (Å²) in [5.74, 6) is -1.07. The van der Waals surface area contributed by atoms with E-state index in [-0.39, 0.29) is 13.0 Å². The monoisotopic (exact) mass is 518 g/mol. The first-order valence-corrected chi connectivity index (χ1v) is 12.7. The number of ether oxygens (including phenoxy) is 5. The Morgan fingerprint density at radius 2 is 1.08 bits per heavy atom. The molecule has 200 valence electrons. The van der Waals surface area contributed by atoms with E-state index in [9.17, 15) is 9.59 Å². The zero-order chi connectivity index (χ0) is 26.7. The highest BCUT2D eigenvalue weighted by Crippen LogP contribution is 2.32. The topological polar surface area (TPSA) is 80.3 Å². The van der Waals surface area contributed by atoms with Crippen molar-refractivity contribution in [1.82, 2.24) is 0 Å². The summed E-state index contributed by atoms with van der Waals surface area (Å²) in [7, 11) is 1.52. The van der Waals surface area contributed by atoms with Gasteiger partial charge in [-0.2, -0.15) is 0 Å². The van der Waals surface area contributed by atoms with E-state index in [2.05, 4.69) is 0 Å². The van der Waals surface area contributed by atoms with Gasteiger partial charge in [-0.1, -0.05) is 91.0 Å². The minimum atomic E-state index is -0.833. The van der Waals surface area contributed by atoms with Crippen LogP contribution in [0.2, 0.25) is 0 Å². The van der Waals surface area contributed by atoms with Gasteiger partial charge in [-0.15, -0.1) is 0 Å². The van der Waals surface area contributed by atoms with E-state index in [0.717, 1.165) is 16.7 Å². The molecular formula is C31H34O7. The van der Waals surface area contributed by atoms with E-state index < -0.39 is 42.3 Å². The molecule has 1 aliphatic rings. The Labute approximate surface area is 223 Å². The van der Waals surface area contributed by atoms with Crippen LogP contribution < -0.4 is 0 Å². The van der Waals surface area contributed by atoms with Gasteiger partial charge in [0.15, 0.2) is 12.1 Å². The lowest BCUT2D eigenvalue weighted by Crippen LogP contribution is -2.61. The molecule has 7 heteroatoms. The lowest BCUT2D eigenvalue weighted by Gasteiger charge is -2.45. The average Bonchev–Trinajstić information content (AvgIpc) is 2.96. The summed E-state index contributed by atoms with van der Waals surface area (Å²) in [5, 5.41) is 0. The van der Waals surface area contributed by atoms with Crippen molar-refractivity contribution in [3.63, 3.8) is 0 Å². The third-order valence-corrected chi connectivity index (χ3v) is 6.46. The highest BCUT2D eigenvalue weighted by molar-refractivity contribution is 6.36. The maximum absolute atomic E-state index is 12.5. The highest BCUT2D eigenvalue weighted by Gasteiger charge is 2.49. The second-order valence-corrected chi connectivity index (χ2v) is 9.25. The number of hydrogen-bond donors (Lipinski definition) is 0. The van der Waals surface area contributed by atoms with Gasteiger partial charge in [0, 0.05) is 20.5 Å². The zero-order valence-electron chi connectivity index (χ0n) is 21.7. The van der Waals surface area contributed by atoms with Crippen molar-refractivity contribution in [3.8, 4) is 0 Å². The predicted octanol–water partition coefficient (Wildman–Crippen LogP) is 4.66. The van der Waals surface area contributed by atoms with E-state index in [1.807, 2.05) is 91.0 Å². The first-order valence-electron chi connectivity index (χ1n) is 12.7. The van der Waals surface area contributed by atoms with Crippen molar-refractivity contribution in [2.45, 2.75) is 63.9 Å². The standard InChI is InChI=1S/C31H34O7/c1-22(32)26(33)18-27-28(35-19-23-12-6-3-7-13-23)29(36-20-24-14-8-4-9-15-24)30(31(34-2)38-27)37-21-25-16-10-5-11-17-25/h3-17,27-31H,18-21H2,1-2H3/t27-,28-,29+,30-,31+/m1/s1. The summed E-state index contributed by atoms with van der Waals surface area (Å²) >= 11 is 0. The number of rotatable bonds is 13. The molecule has 0 unspecified atom stereocenters. The zero-order valence-corrected chi connectivity index (χ0v) is 21.7. The summed E-state index contributed by atoms with van der Waals surface area (Å²) in [6.07, 6.45) is -3.75. The predicted molar refractivity (Wildman–Crippen MR) is 141 cm³/mol. The summed E-state index contributed by atoms with van der Waals surface area (Å²) in [5.41, 5.74) is 2.93. The van der Waals surface area contributed by atoms with Crippen LogP contribution in [0, 0.1) is 0 Å². The normalized spacial score (nSPS) is 23.2. The molecule has 0 amide bonds. The molecule has 5 atom stereocenters. The molecule has 0 N–H and O–H groups in total. The molecule has 1 saturated heterocycles. The Morgan fingerprint density at radius 3 is 1.50 bits per heavy atom. The van der Waals surface area contributed by atoms with Gasteiger partial charge in [-0.05, 0) is 16.7 Å². The molecule has 3 aromatic rings. The Hall–Kier alpha value is -3.20. The van der Waals surface area contributed by atoms with Crippen LogP contribution in [0.4, 0.5) is 0 Å². The Balaban J connectivity index is 1.63. The van der Waals surface area contributed by atoms with E-state index in [1.165, 1.54) is 14.0 Å². The molecule has 0 radical (unpaired) electrons. The van der Waals surface area contributed by atoms with Crippen molar-refractivity contribution < 1.29 is 33.3 Å². The molecule has 1 heterocycles. The third-order valence-electron chi connectivity index (χ3n) is 6.46. The maximum Gasteiger partial charge on any atom is 0.200 e. The lowest BCUT2D eigenvalue weighted by molar-refractivity contribution is -0.317. The van der Waals surface area contributed by atoms with Gasteiger partial charge in [0.25, 0.3) is 0 Å². The lowest BCUT2D eigenvalue weighted by atomic mass is 9.93. The number of methoxy groups -OCH3 is 1. The van der Waals surface area contributed by atoms with Gasteiger partial charge in [0.2, 0.25) is 5.78 Å². The number of carbonyl (C=O) groups is 2. The average molecular weight is 519 g/mol. The fourth-order valence-electron chi connectivity index (χ4n) is 4.43. The van der Waals surface area contributed by atoms with Gasteiger partial charge in [0.1, 0.15) is 18.3 Å². The quantitative estimate of drug-likeness (QED) is 0.305. The third kappa shape index (κ3) is 7.66. The first kappa shape index (κ1) is 27.8. The molecule has 38 heavy (non-hydrogen) atoms. The number of ketones is 2. The number of Topliss-reactive ketones (excluding diaryl/α,β-unsaturated/α-hetero) is 2. The van der Waals surface area contributed by atoms with E-state index in [4.69, 9.17) is 23.7 Å². The van der Waals surface area contributed by atoms with Crippen LogP contribution in [0.1, 0.15) is 30.0 Å². The minimum absolute atomic E-state index is 0.148. The number of benzene rings is 3. The van der Waals surface area contributed by atoms with Crippen LogP contribution in [0.15, 0.2) is 91.0 Å². The van der Waals surface area contributed by atoms with Crippen LogP contribution >= 0.6 is 0 Å². The van der Waals surface area contributed by atoms with Gasteiger partial charge in [-0.3, -0.25) is 9.59 Å². The summed E-state index contributed by atoms with van der Waals surface area (Å²) in [6, 6.07) is 29.3. The molecule has 7 nitrogen and oxygen atoms in total. The van der Waals surface area contributed by atoms with Crippen molar-refractivity contribution in [2.75, 3.05) is 7.11 Å². The van der Waals surface area contributed by atoms with Gasteiger partial charge in [-0.25, -0.2) is 0 Å². The molecular weight excluding hydrogens is 484 g/mol. The molecule has 0 spiro atoms. The highest BCUT2D eigenvalue weighted by atomic mass is 16.7. The van der Waals surface area contributed by atoms with Crippen molar-refractivity contribution in [3.05, 3.63) is 108 Å². The fourth-order valence-corrected chi connectivity index (χ4v) is 4.43. The smallest absolute Gasteiger partial charge is 0.200 e. The minimum Gasteiger partial charge on any atom is -0.368 e. The van der Waals surface area contributed by atoms with Crippen molar-refractivity contribution in [1.29, 1.82) is 0 Å². The first-order chi connectivity index (χ1) is 18.5. The van der Waals surface area contributed by atoms with Crippen LogP contribution in [-0.2, 0) is 53.1 Å². The second-order valence-electron chi connectivity index (χ2n) is 9.25. The molecule has 0 bridgehead atoms. The van der Waals surface area contributed by atoms with Crippen LogP contribution in [0.3, 0.4) is 0 Å². The Kier molecular flexibility index (Phi) is 10.3. The summed E-state index contributed by atoms with van der Waals surface area (Å²) in [4.78, 5) is 24.3. The number of carbonyl (C=O) groups excluding carboxylic acids is 2.